The molecule has 1 saturated heterocycles. The van der Waals surface area contributed by atoms with E-state index >= 15 is 0 Å². The van der Waals surface area contributed by atoms with Crippen LogP contribution in [0.2, 0.25) is 0 Å². The number of nitrogens with two attached hydrogens (primary N) is 1. The average Bonchev–Trinajstić information content (AvgIpc) is 3.15. The highest BCUT2D eigenvalue weighted by molar-refractivity contribution is 5.60. The minimum absolute atomic E-state index is 0.738. The summed E-state index contributed by atoms with van der Waals surface area (Å²) in [5.74, 6) is 0.738. The van der Waals surface area contributed by atoms with E-state index in [0.29, 0.717) is 0 Å². The van der Waals surface area contributed by atoms with Crippen LogP contribution in [-0.4, -0.2) is 38.1 Å². The second kappa shape index (κ2) is 4.22. The normalized spacial score (nSPS) is 21.8. The van der Waals surface area contributed by atoms with E-state index < -0.39 is 0 Å². The Kier molecular flexibility index (Phi) is 2.71. The van der Waals surface area contributed by atoms with E-state index in [1.165, 1.54) is 24.1 Å². The fourth-order valence-corrected chi connectivity index (χ4v) is 2.57. The Morgan fingerprint density at radius 3 is 2.47 bits per heavy atom. The molecule has 0 amide bonds. The van der Waals surface area contributed by atoms with Crippen LogP contribution in [0.3, 0.4) is 0 Å². The summed E-state index contributed by atoms with van der Waals surface area (Å²) in [7, 11) is 2.19. The van der Waals surface area contributed by atoms with Gasteiger partial charge in [0.2, 0.25) is 0 Å². The van der Waals surface area contributed by atoms with E-state index in [1.54, 1.807) is 0 Å². The summed E-state index contributed by atoms with van der Waals surface area (Å²) in [6.45, 7) is 4.57. The number of piperazine rings is 1. The molecule has 1 aromatic rings. The summed E-state index contributed by atoms with van der Waals surface area (Å²) in [6.07, 6.45) is 2.63. The van der Waals surface area contributed by atoms with E-state index in [0.717, 1.165) is 37.8 Å². The van der Waals surface area contributed by atoms with Crippen LogP contribution in [0.15, 0.2) is 18.2 Å². The lowest BCUT2D eigenvalue weighted by Crippen LogP contribution is -2.44. The van der Waals surface area contributed by atoms with Crippen molar-refractivity contribution in [2.24, 2.45) is 0 Å². The number of nitrogens with zero attached hydrogens (tertiary/aromatic N) is 2. The van der Waals surface area contributed by atoms with Crippen molar-refractivity contribution in [3.05, 3.63) is 23.8 Å². The quantitative estimate of drug-likeness (QED) is 0.789. The van der Waals surface area contributed by atoms with Gasteiger partial charge < -0.3 is 15.5 Å². The van der Waals surface area contributed by atoms with Crippen LogP contribution in [0.4, 0.5) is 11.4 Å². The molecule has 1 aliphatic carbocycles. The lowest BCUT2D eigenvalue weighted by Gasteiger charge is -2.34. The maximum absolute atomic E-state index is 6.06. The Labute approximate surface area is 103 Å². The minimum Gasteiger partial charge on any atom is -0.398 e. The van der Waals surface area contributed by atoms with E-state index in [4.69, 9.17) is 5.73 Å². The smallest absolute Gasteiger partial charge is 0.0371 e. The monoisotopic (exact) mass is 231 g/mol. The average molecular weight is 231 g/mol. The first-order valence-corrected chi connectivity index (χ1v) is 6.57. The predicted molar refractivity (Wildman–Crippen MR) is 72.5 cm³/mol. The number of hydrogen-bond donors (Lipinski definition) is 1. The number of hydrogen-bond acceptors (Lipinski definition) is 3. The first kappa shape index (κ1) is 10.9. The molecule has 0 spiro atoms. The van der Waals surface area contributed by atoms with Crippen molar-refractivity contribution in [1.82, 2.24) is 4.90 Å². The van der Waals surface area contributed by atoms with Gasteiger partial charge in [0.05, 0.1) is 0 Å². The van der Waals surface area contributed by atoms with E-state index in [9.17, 15) is 0 Å². The van der Waals surface area contributed by atoms with Gasteiger partial charge in [0.1, 0.15) is 0 Å². The SMILES string of the molecule is CN1CCN(c2ccc(N)c(C3CC3)c2)CC1. The molecule has 0 atom stereocenters. The second-order valence-corrected chi connectivity index (χ2v) is 5.38. The van der Waals surface area contributed by atoms with Crippen LogP contribution in [0.25, 0.3) is 0 Å². The third kappa shape index (κ3) is 2.25. The van der Waals surface area contributed by atoms with Crippen molar-refractivity contribution in [2.45, 2.75) is 18.8 Å². The number of likely N-dealkylation sites (N-methyl/N-ethyl adjacent to an activating group) is 1. The van der Waals surface area contributed by atoms with Gasteiger partial charge in [0, 0.05) is 37.6 Å². The first-order valence-electron chi connectivity index (χ1n) is 6.57. The van der Waals surface area contributed by atoms with Crippen molar-refractivity contribution in [1.29, 1.82) is 0 Å². The second-order valence-electron chi connectivity index (χ2n) is 5.38. The molecule has 0 radical (unpaired) electrons. The van der Waals surface area contributed by atoms with E-state index in [2.05, 4.69) is 35.0 Å². The Morgan fingerprint density at radius 1 is 1.12 bits per heavy atom. The first-order chi connectivity index (χ1) is 8.24. The van der Waals surface area contributed by atoms with Crippen molar-refractivity contribution in [3.8, 4) is 0 Å². The maximum atomic E-state index is 6.06. The highest BCUT2D eigenvalue weighted by Gasteiger charge is 2.26. The van der Waals surface area contributed by atoms with Gasteiger partial charge in [0.25, 0.3) is 0 Å². The summed E-state index contributed by atoms with van der Waals surface area (Å²) in [5, 5.41) is 0. The van der Waals surface area contributed by atoms with Crippen LogP contribution in [0.1, 0.15) is 24.3 Å². The molecule has 1 heterocycles. The van der Waals surface area contributed by atoms with Crippen LogP contribution >= 0.6 is 0 Å². The zero-order chi connectivity index (χ0) is 11.8. The van der Waals surface area contributed by atoms with Gasteiger partial charge in [0.15, 0.2) is 0 Å². The minimum atomic E-state index is 0.738. The summed E-state index contributed by atoms with van der Waals surface area (Å²) >= 11 is 0. The van der Waals surface area contributed by atoms with Gasteiger partial charge in [-0.25, -0.2) is 0 Å². The standard InChI is InChI=1S/C14H21N3/c1-16-6-8-17(9-7-16)12-4-5-14(15)13(10-12)11-2-3-11/h4-5,10-11H,2-3,6-9,15H2,1H3. The Bertz CT molecular complexity index is 404. The van der Waals surface area contributed by atoms with Crippen LogP contribution in [0, 0.1) is 0 Å². The Hall–Kier alpha value is -1.22. The van der Waals surface area contributed by atoms with Crippen molar-refractivity contribution >= 4 is 11.4 Å². The topological polar surface area (TPSA) is 32.5 Å². The van der Waals surface area contributed by atoms with E-state index in [1.807, 2.05) is 0 Å². The fourth-order valence-electron chi connectivity index (χ4n) is 2.57. The Morgan fingerprint density at radius 2 is 1.82 bits per heavy atom. The predicted octanol–water partition coefficient (Wildman–Crippen LogP) is 1.90. The molecule has 17 heavy (non-hydrogen) atoms. The van der Waals surface area contributed by atoms with Gasteiger partial charge >= 0.3 is 0 Å². The van der Waals surface area contributed by atoms with Crippen molar-refractivity contribution in [3.63, 3.8) is 0 Å². The fraction of sp³-hybridized carbons (Fsp3) is 0.571. The molecule has 2 fully saturated rings. The highest BCUT2D eigenvalue weighted by Crippen LogP contribution is 2.43. The number of rotatable bonds is 2. The van der Waals surface area contributed by atoms with E-state index in [-0.39, 0.29) is 0 Å². The van der Waals surface area contributed by atoms with Gasteiger partial charge in [-0.1, -0.05) is 0 Å². The zero-order valence-corrected chi connectivity index (χ0v) is 10.5. The van der Waals surface area contributed by atoms with Crippen LogP contribution in [-0.2, 0) is 0 Å². The van der Waals surface area contributed by atoms with Crippen LogP contribution < -0.4 is 10.6 Å². The summed E-state index contributed by atoms with van der Waals surface area (Å²) in [4.78, 5) is 4.86. The third-order valence-corrected chi connectivity index (χ3v) is 3.96. The summed E-state index contributed by atoms with van der Waals surface area (Å²) < 4.78 is 0. The molecule has 2 N–H and O–H groups in total. The molecule has 3 nitrogen and oxygen atoms in total. The van der Waals surface area contributed by atoms with Gasteiger partial charge in [-0.3, -0.25) is 0 Å². The Balaban J connectivity index is 1.80. The van der Waals surface area contributed by atoms with Crippen LogP contribution in [0.5, 0.6) is 0 Å². The molecular formula is C14H21N3. The summed E-state index contributed by atoms with van der Waals surface area (Å²) in [5.41, 5.74) is 9.76. The van der Waals surface area contributed by atoms with Crippen molar-refractivity contribution in [2.75, 3.05) is 43.9 Å². The number of nitrogen functional groups attached to an aromatic ring is 1. The molecular weight excluding hydrogens is 210 g/mol. The van der Waals surface area contributed by atoms with Gasteiger partial charge in [-0.05, 0) is 49.6 Å². The van der Waals surface area contributed by atoms with Gasteiger partial charge in [-0.2, -0.15) is 0 Å². The lowest BCUT2D eigenvalue weighted by molar-refractivity contribution is 0.313. The largest absolute Gasteiger partial charge is 0.398 e. The molecule has 0 unspecified atom stereocenters. The summed E-state index contributed by atoms with van der Waals surface area (Å²) in [6, 6.07) is 6.58. The number of anilines is 2. The maximum Gasteiger partial charge on any atom is 0.0371 e. The molecule has 3 rings (SSSR count). The molecule has 2 aliphatic rings. The van der Waals surface area contributed by atoms with Gasteiger partial charge in [-0.15, -0.1) is 0 Å². The number of benzene rings is 1. The molecule has 3 heteroatoms. The lowest BCUT2D eigenvalue weighted by atomic mass is 10.1. The highest BCUT2D eigenvalue weighted by atomic mass is 15.2. The zero-order valence-electron chi connectivity index (χ0n) is 10.5. The third-order valence-electron chi connectivity index (χ3n) is 3.96. The molecule has 0 aromatic heterocycles. The molecule has 1 aliphatic heterocycles. The molecule has 1 saturated carbocycles. The molecule has 0 bridgehead atoms. The molecule has 1 aromatic carbocycles. The molecule has 92 valence electrons. The van der Waals surface area contributed by atoms with Crippen molar-refractivity contribution < 1.29 is 0 Å².